The van der Waals surface area contributed by atoms with E-state index in [1.807, 2.05) is 6.07 Å². The fourth-order valence-corrected chi connectivity index (χ4v) is 2.47. The fourth-order valence-electron chi connectivity index (χ4n) is 2.47. The van der Waals surface area contributed by atoms with E-state index in [-0.39, 0.29) is 13.0 Å². The summed E-state index contributed by atoms with van der Waals surface area (Å²) >= 11 is 0. The van der Waals surface area contributed by atoms with Crippen LogP contribution in [0.15, 0.2) is 18.2 Å². The number of tetrazole rings is 1. The number of hydrogen-bond acceptors (Lipinski definition) is 4. The molecule has 1 aliphatic rings. The highest BCUT2D eigenvalue weighted by Crippen LogP contribution is 2.26. The minimum absolute atomic E-state index is 0.0168. The van der Waals surface area contributed by atoms with Gasteiger partial charge in [0.25, 0.3) is 0 Å². The Balaban J connectivity index is 1.90. The van der Waals surface area contributed by atoms with E-state index in [0.717, 1.165) is 18.4 Å². The number of hydrogen-bond donors (Lipinski definition) is 1. The molecule has 98 valence electrons. The van der Waals surface area contributed by atoms with Crippen LogP contribution in [0.3, 0.4) is 0 Å². The molecule has 19 heavy (non-hydrogen) atoms. The van der Waals surface area contributed by atoms with E-state index in [9.17, 15) is 4.79 Å². The molecule has 0 saturated heterocycles. The minimum Gasteiger partial charge on any atom is -0.481 e. The summed E-state index contributed by atoms with van der Waals surface area (Å²) in [6.45, 7) is 0.286. The van der Waals surface area contributed by atoms with Crippen molar-refractivity contribution >= 4 is 5.97 Å². The molecule has 1 aliphatic carbocycles. The van der Waals surface area contributed by atoms with Crippen LogP contribution in [0.5, 0.6) is 0 Å². The van der Waals surface area contributed by atoms with Gasteiger partial charge in [0, 0.05) is 5.56 Å². The second-order valence-corrected chi connectivity index (χ2v) is 4.71. The molecule has 1 aromatic carbocycles. The molecule has 0 atom stereocenters. The van der Waals surface area contributed by atoms with E-state index >= 15 is 0 Å². The number of aromatic nitrogens is 4. The van der Waals surface area contributed by atoms with E-state index in [4.69, 9.17) is 5.11 Å². The molecule has 3 rings (SSSR count). The van der Waals surface area contributed by atoms with Crippen LogP contribution >= 0.6 is 0 Å². The van der Waals surface area contributed by atoms with Gasteiger partial charge in [-0.15, -0.1) is 5.10 Å². The second kappa shape index (κ2) is 4.79. The standard InChI is InChI=1S/C13H14N4O2/c18-12(19)6-7-17-13(14-15-16-17)11-5-4-9-2-1-3-10(9)8-11/h4-5,8H,1-3,6-7H2,(H,18,19). The Labute approximate surface area is 110 Å². The maximum absolute atomic E-state index is 10.6. The molecular formula is C13H14N4O2. The maximum atomic E-state index is 10.6. The van der Waals surface area contributed by atoms with Crippen LogP contribution < -0.4 is 0 Å². The van der Waals surface area contributed by atoms with E-state index in [1.54, 1.807) is 4.68 Å². The smallest absolute Gasteiger partial charge is 0.305 e. The molecule has 6 heteroatoms. The summed E-state index contributed by atoms with van der Waals surface area (Å²) in [6.07, 6.45) is 3.45. The van der Waals surface area contributed by atoms with E-state index in [1.165, 1.54) is 17.5 Å². The zero-order valence-corrected chi connectivity index (χ0v) is 10.4. The molecule has 0 unspecified atom stereocenters. The summed E-state index contributed by atoms with van der Waals surface area (Å²) in [5, 5.41) is 20.2. The van der Waals surface area contributed by atoms with Crippen LogP contribution in [-0.2, 0) is 24.2 Å². The van der Waals surface area contributed by atoms with Crippen molar-refractivity contribution < 1.29 is 9.90 Å². The number of benzene rings is 1. The summed E-state index contributed by atoms with van der Waals surface area (Å²) in [6, 6.07) is 6.24. The zero-order chi connectivity index (χ0) is 13.2. The van der Waals surface area contributed by atoms with Crippen molar-refractivity contribution in [3.63, 3.8) is 0 Å². The highest BCUT2D eigenvalue weighted by molar-refractivity contribution is 5.66. The monoisotopic (exact) mass is 258 g/mol. The van der Waals surface area contributed by atoms with Crippen LogP contribution in [0.4, 0.5) is 0 Å². The predicted molar refractivity (Wildman–Crippen MR) is 67.5 cm³/mol. The Morgan fingerprint density at radius 2 is 2.16 bits per heavy atom. The summed E-state index contributed by atoms with van der Waals surface area (Å²) in [5.41, 5.74) is 3.70. The highest BCUT2D eigenvalue weighted by atomic mass is 16.4. The van der Waals surface area contributed by atoms with Crippen LogP contribution in [0.2, 0.25) is 0 Å². The van der Waals surface area contributed by atoms with Crippen molar-refractivity contribution in [2.45, 2.75) is 32.2 Å². The highest BCUT2D eigenvalue weighted by Gasteiger charge is 2.15. The molecular weight excluding hydrogens is 244 g/mol. The van der Waals surface area contributed by atoms with Gasteiger partial charge in [-0.25, -0.2) is 4.68 Å². The predicted octanol–water partition coefficient (Wildman–Crippen LogP) is 1.30. The van der Waals surface area contributed by atoms with Gasteiger partial charge in [-0.1, -0.05) is 12.1 Å². The minimum atomic E-state index is -0.851. The number of carboxylic acids is 1. The number of aliphatic carboxylic acids is 1. The average molecular weight is 258 g/mol. The molecule has 0 bridgehead atoms. The molecule has 1 heterocycles. The van der Waals surface area contributed by atoms with Gasteiger partial charge in [0.15, 0.2) is 5.82 Å². The Morgan fingerprint density at radius 1 is 1.32 bits per heavy atom. The third-order valence-electron chi connectivity index (χ3n) is 3.43. The third kappa shape index (κ3) is 2.33. The molecule has 2 aromatic rings. The number of fused-ring (bicyclic) bond motifs is 1. The number of aryl methyl sites for hydroxylation is 3. The van der Waals surface area contributed by atoms with Crippen LogP contribution in [0.1, 0.15) is 24.0 Å². The van der Waals surface area contributed by atoms with Crippen molar-refractivity contribution in [2.24, 2.45) is 0 Å². The summed E-state index contributed by atoms with van der Waals surface area (Å²) in [4.78, 5) is 10.6. The number of rotatable bonds is 4. The molecule has 6 nitrogen and oxygen atoms in total. The summed E-state index contributed by atoms with van der Waals surface area (Å²) in [5.74, 6) is -0.216. The van der Waals surface area contributed by atoms with E-state index < -0.39 is 5.97 Å². The average Bonchev–Trinajstić information content (AvgIpc) is 3.04. The van der Waals surface area contributed by atoms with Crippen molar-refractivity contribution in [3.05, 3.63) is 29.3 Å². The van der Waals surface area contributed by atoms with Gasteiger partial charge in [-0.3, -0.25) is 4.79 Å². The molecule has 0 saturated carbocycles. The molecule has 0 fully saturated rings. The van der Waals surface area contributed by atoms with Crippen molar-refractivity contribution in [1.29, 1.82) is 0 Å². The first-order chi connectivity index (χ1) is 9.24. The maximum Gasteiger partial charge on any atom is 0.305 e. The Kier molecular flexibility index (Phi) is 2.98. The van der Waals surface area contributed by atoms with Gasteiger partial charge < -0.3 is 5.11 Å². The zero-order valence-electron chi connectivity index (χ0n) is 10.4. The largest absolute Gasteiger partial charge is 0.481 e. The van der Waals surface area contributed by atoms with E-state index in [2.05, 4.69) is 27.7 Å². The topological polar surface area (TPSA) is 80.9 Å². The van der Waals surface area contributed by atoms with Crippen molar-refractivity contribution in [2.75, 3.05) is 0 Å². The third-order valence-corrected chi connectivity index (χ3v) is 3.43. The van der Waals surface area contributed by atoms with Crippen molar-refractivity contribution in [1.82, 2.24) is 20.2 Å². The van der Waals surface area contributed by atoms with Gasteiger partial charge in [-0.05, 0) is 46.9 Å². The molecule has 0 radical (unpaired) electrons. The first-order valence-corrected chi connectivity index (χ1v) is 6.34. The molecule has 1 N–H and O–H groups in total. The quantitative estimate of drug-likeness (QED) is 0.894. The Bertz CT molecular complexity index is 621. The number of carbonyl (C=O) groups is 1. The Hall–Kier alpha value is -2.24. The normalized spacial score (nSPS) is 13.5. The second-order valence-electron chi connectivity index (χ2n) is 4.71. The van der Waals surface area contributed by atoms with Gasteiger partial charge >= 0.3 is 5.97 Å². The summed E-state index contributed by atoms with van der Waals surface area (Å²) in [7, 11) is 0. The lowest BCUT2D eigenvalue weighted by molar-refractivity contribution is -0.137. The lowest BCUT2D eigenvalue weighted by atomic mass is 10.1. The van der Waals surface area contributed by atoms with Gasteiger partial charge in [0.2, 0.25) is 0 Å². The van der Waals surface area contributed by atoms with Crippen LogP contribution in [0.25, 0.3) is 11.4 Å². The molecule has 1 aromatic heterocycles. The van der Waals surface area contributed by atoms with Gasteiger partial charge in [0.1, 0.15) is 0 Å². The Morgan fingerprint density at radius 3 is 3.00 bits per heavy atom. The van der Waals surface area contributed by atoms with Gasteiger partial charge in [-0.2, -0.15) is 0 Å². The SMILES string of the molecule is O=C(O)CCn1nnnc1-c1ccc2c(c1)CCC2. The first kappa shape index (κ1) is 11.8. The molecule has 0 aliphatic heterocycles. The fraction of sp³-hybridized carbons (Fsp3) is 0.385. The van der Waals surface area contributed by atoms with Crippen molar-refractivity contribution in [3.8, 4) is 11.4 Å². The first-order valence-electron chi connectivity index (χ1n) is 6.34. The summed E-state index contributed by atoms with van der Waals surface area (Å²) < 4.78 is 1.55. The number of carboxylic acid groups (broad SMARTS) is 1. The molecule has 0 amide bonds. The van der Waals surface area contributed by atoms with Crippen LogP contribution in [0, 0.1) is 0 Å². The molecule has 0 spiro atoms. The van der Waals surface area contributed by atoms with Crippen LogP contribution in [-0.4, -0.2) is 31.3 Å². The number of nitrogens with zero attached hydrogens (tertiary/aromatic N) is 4. The van der Waals surface area contributed by atoms with Gasteiger partial charge in [0.05, 0.1) is 13.0 Å². The lowest BCUT2D eigenvalue weighted by Crippen LogP contribution is -2.07. The van der Waals surface area contributed by atoms with E-state index in [0.29, 0.717) is 5.82 Å². The lowest BCUT2D eigenvalue weighted by Gasteiger charge is -2.05.